The summed E-state index contributed by atoms with van der Waals surface area (Å²) in [6.07, 6.45) is 0.363. The molecule has 0 aliphatic rings. The molecule has 0 spiro atoms. The summed E-state index contributed by atoms with van der Waals surface area (Å²) in [6.45, 7) is 5.49. The van der Waals surface area contributed by atoms with Gasteiger partial charge in [-0.3, -0.25) is 4.79 Å². The number of halogens is 2. The van der Waals surface area contributed by atoms with E-state index in [-0.39, 0.29) is 30.1 Å². The van der Waals surface area contributed by atoms with Gasteiger partial charge in [0.2, 0.25) is 0 Å². The quantitative estimate of drug-likeness (QED) is 0.371. The fourth-order valence-electron chi connectivity index (χ4n) is 3.07. The first-order chi connectivity index (χ1) is 14.2. The third-order valence-corrected chi connectivity index (χ3v) is 4.85. The van der Waals surface area contributed by atoms with Crippen LogP contribution in [0.5, 0.6) is 5.75 Å². The van der Waals surface area contributed by atoms with Gasteiger partial charge in [0.25, 0.3) is 0 Å². The lowest BCUT2D eigenvalue weighted by molar-refractivity contribution is -0.147. The lowest BCUT2D eigenvalue weighted by Gasteiger charge is -2.14. The van der Waals surface area contributed by atoms with Gasteiger partial charge in [0, 0.05) is 29.5 Å². The zero-order valence-corrected chi connectivity index (χ0v) is 17.7. The molecule has 0 unspecified atom stereocenters. The summed E-state index contributed by atoms with van der Waals surface area (Å²) in [5.41, 5.74) is 2.06. The number of aryl methyl sites for hydroxylation is 2. The van der Waals surface area contributed by atoms with Gasteiger partial charge in [0.15, 0.2) is 0 Å². The summed E-state index contributed by atoms with van der Waals surface area (Å²) in [6, 6.07) is 8.95. The number of benzene rings is 2. The third-order valence-electron chi connectivity index (χ3n) is 4.50. The van der Waals surface area contributed by atoms with E-state index in [0.29, 0.717) is 23.3 Å². The second-order valence-electron chi connectivity index (χ2n) is 7.27. The van der Waals surface area contributed by atoms with E-state index >= 15 is 0 Å². The largest absolute Gasteiger partial charge is 0.488 e. The van der Waals surface area contributed by atoms with Crippen molar-refractivity contribution in [3.05, 3.63) is 74.3 Å². The molecule has 0 aliphatic carbocycles. The Morgan fingerprint density at radius 2 is 1.93 bits per heavy atom. The maximum absolute atomic E-state index is 13.3. The minimum atomic E-state index is -0.458. The Labute approximate surface area is 178 Å². The number of rotatable bonds is 7. The Morgan fingerprint density at radius 3 is 2.63 bits per heavy atom. The number of hydrogen-bond donors (Lipinski definition) is 0. The van der Waals surface area contributed by atoms with E-state index < -0.39 is 11.4 Å². The summed E-state index contributed by atoms with van der Waals surface area (Å²) in [5.74, 6) is -0.293. The fraction of sp³-hybridized carbons (Fsp3) is 0.304. The average molecular weight is 433 g/mol. The highest BCUT2D eigenvalue weighted by Gasteiger charge is 2.14. The van der Waals surface area contributed by atoms with Crippen molar-refractivity contribution in [2.75, 3.05) is 0 Å². The fourth-order valence-corrected chi connectivity index (χ4v) is 3.30. The van der Waals surface area contributed by atoms with Crippen LogP contribution in [-0.4, -0.2) is 12.1 Å². The molecule has 0 bridgehead atoms. The van der Waals surface area contributed by atoms with E-state index in [4.69, 9.17) is 25.5 Å². The van der Waals surface area contributed by atoms with Crippen LogP contribution in [-0.2, 0) is 22.6 Å². The van der Waals surface area contributed by atoms with Crippen LogP contribution in [0.15, 0.2) is 45.6 Å². The molecule has 0 aliphatic heterocycles. The van der Waals surface area contributed by atoms with E-state index in [0.717, 1.165) is 16.5 Å². The molecule has 0 fully saturated rings. The summed E-state index contributed by atoms with van der Waals surface area (Å²) in [7, 11) is 0. The molecule has 5 nitrogen and oxygen atoms in total. The molecular formula is C23H22ClFO5. The van der Waals surface area contributed by atoms with E-state index in [1.165, 1.54) is 18.2 Å². The van der Waals surface area contributed by atoms with E-state index in [1.54, 1.807) is 26.0 Å². The van der Waals surface area contributed by atoms with Crippen LogP contribution in [0.1, 0.15) is 37.0 Å². The van der Waals surface area contributed by atoms with Crippen molar-refractivity contribution in [1.29, 1.82) is 0 Å². The molecular weight excluding hydrogens is 411 g/mol. The Bertz CT molecular complexity index is 1140. The molecule has 1 heterocycles. The minimum Gasteiger partial charge on any atom is -0.488 e. The van der Waals surface area contributed by atoms with Crippen LogP contribution in [0.4, 0.5) is 4.39 Å². The van der Waals surface area contributed by atoms with Crippen molar-refractivity contribution in [3.8, 4) is 5.75 Å². The molecule has 158 valence electrons. The number of hydrogen-bond acceptors (Lipinski definition) is 5. The number of ether oxygens (including phenoxy) is 2. The molecule has 1 aromatic heterocycles. The minimum absolute atomic E-state index is 0.0874. The van der Waals surface area contributed by atoms with Crippen LogP contribution < -0.4 is 10.4 Å². The first kappa shape index (κ1) is 21.8. The Kier molecular flexibility index (Phi) is 6.77. The second-order valence-corrected chi connectivity index (χ2v) is 7.67. The van der Waals surface area contributed by atoms with Gasteiger partial charge in [-0.15, -0.1) is 0 Å². The van der Waals surface area contributed by atoms with Gasteiger partial charge in [-0.2, -0.15) is 0 Å². The highest BCUT2D eigenvalue weighted by atomic mass is 35.5. The lowest BCUT2D eigenvalue weighted by Crippen LogP contribution is -2.12. The van der Waals surface area contributed by atoms with Gasteiger partial charge < -0.3 is 13.9 Å². The molecule has 0 atom stereocenters. The van der Waals surface area contributed by atoms with Gasteiger partial charge in [-0.25, -0.2) is 9.18 Å². The molecule has 0 radical (unpaired) electrons. The molecule has 3 aromatic rings. The Hall–Kier alpha value is -2.86. The number of carbonyl (C=O) groups is 1. The molecule has 0 N–H and O–H groups in total. The molecule has 0 saturated heterocycles. The maximum Gasteiger partial charge on any atom is 0.336 e. The second kappa shape index (κ2) is 9.30. The van der Waals surface area contributed by atoms with Gasteiger partial charge in [-0.1, -0.05) is 17.7 Å². The summed E-state index contributed by atoms with van der Waals surface area (Å²) in [4.78, 5) is 23.7. The summed E-state index contributed by atoms with van der Waals surface area (Å²) in [5, 5.41) is 1.01. The van der Waals surface area contributed by atoms with Crippen molar-refractivity contribution < 1.29 is 23.1 Å². The first-order valence-electron chi connectivity index (χ1n) is 9.56. The number of carbonyl (C=O) groups excluding carboxylic acids is 1. The SMILES string of the molecule is Cc1cc(=O)oc2cc(OCc3ccc(F)cc3Cl)c(CCC(=O)OC(C)C)cc12. The van der Waals surface area contributed by atoms with Crippen LogP contribution >= 0.6 is 11.6 Å². The lowest BCUT2D eigenvalue weighted by atomic mass is 10.0. The normalized spacial score (nSPS) is 11.1. The number of esters is 1. The predicted molar refractivity (Wildman–Crippen MR) is 113 cm³/mol. The van der Waals surface area contributed by atoms with Gasteiger partial charge >= 0.3 is 11.6 Å². The standard InChI is InChI=1S/C23H22ClFO5/c1-13(2)29-22(26)7-5-15-9-18-14(3)8-23(27)30-21(18)11-20(15)28-12-16-4-6-17(25)10-19(16)24/h4,6,8-11,13H,5,7,12H2,1-3H3. The van der Waals surface area contributed by atoms with Crippen LogP contribution in [0.2, 0.25) is 5.02 Å². The van der Waals surface area contributed by atoms with Crippen LogP contribution in [0.25, 0.3) is 11.0 Å². The average Bonchev–Trinajstić information content (AvgIpc) is 2.65. The Balaban J connectivity index is 1.92. The molecule has 7 heteroatoms. The molecule has 0 amide bonds. The van der Waals surface area contributed by atoms with Crippen molar-refractivity contribution >= 4 is 28.5 Å². The van der Waals surface area contributed by atoms with E-state index in [9.17, 15) is 14.0 Å². The highest BCUT2D eigenvalue weighted by Crippen LogP contribution is 2.30. The third kappa shape index (κ3) is 5.39. The van der Waals surface area contributed by atoms with Crippen LogP contribution in [0.3, 0.4) is 0 Å². The first-order valence-corrected chi connectivity index (χ1v) is 9.94. The topological polar surface area (TPSA) is 65.7 Å². The monoisotopic (exact) mass is 432 g/mol. The van der Waals surface area contributed by atoms with Crippen molar-refractivity contribution in [3.63, 3.8) is 0 Å². The van der Waals surface area contributed by atoms with Crippen molar-refractivity contribution in [2.24, 2.45) is 0 Å². The van der Waals surface area contributed by atoms with E-state index in [1.807, 2.05) is 13.0 Å². The van der Waals surface area contributed by atoms with Crippen molar-refractivity contribution in [1.82, 2.24) is 0 Å². The number of fused-ring (bicyclic) bond motifs is 1. The molecule has 30 heavy (non-hydrogen) atoms. The van der Waals surface area contributed by atoms with Crippen LogP contribution in [0, 0.1) is 12.7 Å². The van der Waals surface area contributed by atoms with Gasteiger partial charge in [-0.05, 0) is 56.5 Å². The van der Waals surface area contributed by atoms with Gasteiger partial charge in [0.1, 0.15) is 23.8 Å². The van der Waals surface area contributed by atoms with Crippen molar-refractivity contribution in [2.45, 2.75) is 46.3 Å². The molecule has 0 saturated carbocycles. The molecule has 3 rings (SSSR count). The zero-order valence-electron chi connectivity index (χ0n) is 17.0. The zero-order chi connectivity index (χ0) is 21.8. The smallest absolute Gasteiger partial charge is 0.336 e. The van der Waals surface area contributed by atoms with E-state index in [2.05, 4.69) is 0 Å². The predicted octanol–water partition coefficient (Wildman–Crippen LogP) is 5.36. The van der Waals surface area contributed by atoms with Gasteiger partial charge in [0.05, 0.1) is 11.1 Å². The Morgan fingerprint density at radius 1 is 1.17 bits per heavy atom. The maximum atomic E-state index is 13.3. The summed E-state index contributed by atoms with van der Waals surface area (Å²) >= 11 is 6.08. The summed E-state index contributed by atoms with van der Waals surface area (Å²) < 4.78 is 29.7. The highest BCUT2D eigenvalue weighted by molar-refractivity contribution is 6.31. The molecule has 2 aromatic carbocycles.